The Bertz CT molecular complexity index is 206. The van der Waals surface area contributed by atoms with E-state index in [1.165, 1.54) is 0 Å². The van der Waals surface area contributed by atoms with Gasteiger partial charge < -0.3 is 15.1 Å². The molecule has 0 saturated carbocycles. The minimum atomic E-state index is 0.0413. The van der Waals surface area contributed by atoms with Crippen LogP contribution in [0, 0.1) is 0 Å². The van der Waals surface area contributed by atoms with Gasteiger partial charge in [-0.25, -0.2) is 0 Å². The number of likely N-dealkylation sites (N-methyl/N-ethyl adjacent to an activating group) is 2. The van der Waals surface area contributed by atoms with Crippen LogP contribution in [0.2, 0.25) is 0 Å². The van der Waals surface area contributed by atoms with Crippen LogP contribution in [0.3, 0.4) is 0 Å². The largest absolute Gasteiger partial charge is 0.337 e. The van der Waals surface area contributed by atoms with E-state index in [1.54, 1.807) is 0 Å². The second-order valence-electron chi connectivity index (χ2n) is 4.27. The lowest BCUT2D eigenvalue weighted by Crippen LogP contribution is -2.44. The summed E-state index contributed by atoms with van der Waals surface area (Å²) in [6, 6.07) is 0.357. The number of nitrogens with one attached hydrogen (secondary N) is 1. The van der Waals surface area contributed by atoms with E-state index < -0.39 is 0 Å². The Kier molecular flexibility index (Phi) is 3.89. The fourth-order valence-corrected chi connectivity index (χ4v) is 2.03. The van der Waals surface area contributed by atoms with Crippen LogP contribution >= 0.6 is 0 Å². The second kappa shape index (κ2) is 4.75. The zero-order valence-corrected chi connectivity index (χ0v) is 9.58. The van der Waals surface area contributed by atoms with Crippen molar-refractivity contribution in [1.29, 1.82) is 0 Å². The number of amides is 1. The standard InChI is InChI=1S/C10H21N3O/c1-8(7-12(3)4)13-6-5-9(11-2)10(13)14/h8-9,11H,5-7H2,1-4H3. The first-order valence-corrected chi connectivity index (χ1v) is 5.18. The van der Waals surface area contributed by atoms with E-state index >= 15 is 0 Å². The molecule has 0 aliphatic carbocycles. The molecule has 1 saturated heterocycles. The molecular weight excluding hydrogens is 178 g/mol. The molecule has 1 aliphatic rings. The van der Waals surface area contributed by atoms with Crippen molar-refractivity contribution in [2.24, 2.45) is 0 Å². The zero-order chi connectivity index (χ0) is 10.7. The van der Waals surface area contributed by atoms with Crippen molar-refractivity contribution < 1.29 is 4.79 Å². The van der Waals surface area contributed by atoms with E-state index in [0.717, 1.165) is 19.5 Å². The molecule has 0 aromatic heterocycles. The molecular formula is C10H21N3O. The Morgan fingerprint density at radius 3 is 2.71 bits per heavy atom. The summed E-state index contributed by atoms with van der Waals surface area (Å²) < 4.78 is 0. The monoisotopic (exact) mass is 199 g/mol. The maximum Gasteiger partial charge on any atom is 0.240 e. The molecule has 4 nitrogen and oxygen atoms in total. The second-order valence-corrected chi connectivity index (χ2v) is 4.27. The fourth-order valence-electron chi connectivity index (χ4n) is 2.03. The number of likely N-dealkylation sites (tertiary alicyclic amines) is 1. The molecule has 2 unspecified atom stereocenters. The van der Waals surface area contributed by atoms with Gasteiger partial charge in [-0.1, -0.05) is 0 Å². The van der Waals surface area contributed by atoms with Crippen LogP contribution in [0.15, 0.2) is 0 Å². The van der Waals surface area contributed by atoms with E-state index in [9.17, 15) is 4.79 Å². The van der Waals surface area contributed by atoms with Crippen molar-refractivity contribution in [3.05, 3.63) is 0 Å². The minimum Gasteiger partial charge on any atom is -0.337 e. The van der Waals surface area contributed by atoms with Gasteiger partial charge in [0, 0.05) is 19.1 Å². The molecule has 0 radical (unpaired) electrons. The third-order valence-electron chi connectivity index (χ3n) is 2.75. The van der Waals surface area contributed by atoms with E-state index in [2.05, 4.69) is 17.1 Å². The first-order valence-electron chi connectivity index (χ1n) is 5.18. The molecule has 1 N–H and O–H groups in total. The summed E-state index contributed by atoms with van der Waals surface area (Å²) in [4.78, 5) is 15.9. The van der Waals surface area contributed by atoms with Gasteiger partial charge in [-0.15, -0.1) is 0 Å². The van der Waals surface area contributed by atoms with E-state index in [0.29, 0.717) is 6.04 Å². The highest BCUT2D eigenvalue weighted by Crippen LogP contribution is 2.14. The van der Waals surface area contributed by atoms with Crippen molar-refractivity contribution in [1.82, 2.24) is 15.1 Å². The van der Waals surface area contributed by atoms with E-state index in [-0.39, 0.29) is 11.9 Å². The van der Waals surface area contributed by atoms with E-state index in [4.69, 9.17) is 0 Å². The van der Waals surface area contributed by atoms with Crippen molar-refractivity contribution >= 4 is 5.91 Å². The topological polar surface area (TPSA) is 35.6 Å². The van der Waals surface area contributed by atoms with Crippen LogP contribution in [0.1, 0.15) is 13.3 Å². The van der Waals surface area contributed by atoms with Crippen molar-refractivity contribution in [2.75, 3.05) is 34.2 Å². The Hall–Kier alpha value is -0.610. The number of nitrogens with zero attached hydrogens (tertiary/aromatic N) is 2. The van der Waals surface area contributed by atoms with Crippen molar-refractivity contribution in [3.63, 3.8) is 0 Å². The molecule has 1 amide bonds. The van der Waals surface area contributed by atoms with Gasteiger partial charge in [0.2, 0.25) is 5.91 Å². The fraction of sp³-hybridized carbons (Fsp3) is 0.900. The molecule has 1 rings (SSSR count). The maximum atomic E-state index is 11.8. The summed E-state index contributed by atoms with van der Waals surface area (Å²) in [5, 5.41) is 3.05. The lowest BCUT2D eigenvalue weighted by atomic mass is 10.2. The predicted molar refractivity (Wildman–Crippen MR) is 57.2 cm³/mol. The Morgan fingerprint density at radius 2 is 2.29 bits per heavy atom. The summed E-state index contributed by atoms with van der Waals surface area (Å²) in [5.41, 5.74) is 0. The van der Waals surface area contributed by atoms with Crippen molar-refractivity contribution in [2.45, 2.75) is 25.4 Å². The first kappa shape index (κ1) is 11.5. The number of hydrogen-bond acceptors (Lipinski definition) is 3. The van der Waals surface area contributed by atoms with Crippen LogP contribution in [0.4, 0.5) is 0 Å². The third kappa shape index (κ3) is 2.45. The Labute approximate surface area is 86.2 Å². The molecule has 14 heavy (non-hydrogen) atoms. The van der Waals surface area contributed by atoms with Gasteiger partial charge in [0.25, 0.3) is 0 Å². The van der Waals surface area contributed by atoms with Gasteiger partial charge in [0.1, 0.15) is 0 Å². The molecule has 0 aromatic carbocycles. The lowest BCUT2D eigenvalue weighted by Gasteiger charge is -2.27. The number of rotatable bonds is 4. The summed E-state index contributed by atoms with van der Waals surface area (Å²) in [6.45, 7) is 3.93. The van der Waals surface area contributed by atoms with Gasteiger partial charge >= 0.3 is 0 Å². The Balaban J connectivity index is 2.50. The summed E-state index contributed by atoms with van der Waals surface area (Å²) >= 11 is 0. The molecule has 0 bridgehead atoms. The van der Waals surface area contributed by atoms with Crippen LogP contribution in [-0.2, 0) is 4.79 Å². The molecule has 4 heteroatoms. The van der Waals surface area contributed by atoms with Crippen LogP contribution in [-0.4, -0.2) is 62.0 Å². The van der Waals surface area contributed by atoms with Crippen LogP contribution in [0.5, 0.6) is 0 Å². The SMILES string of the molecule is CNC1CCN(C(C)CN(C)C)C1=O. The Morgan fingerprint density at radius 1 is 1.64 bits per heavy atom. The highest BCUT2D eigenvalue weighted by Gasteiger charge is 2.33. The average molecular weight is 199 g/mol. The smallest absolute Gasteiger partial charge is 0.240 e. The quantitative estimate of drug-likeness (QED) is 0.678. The highest BCUT2D eigenvalue weighted by atomic mass is 16.2. The number of carbonyl (C=O) groups is 1. The van der Waals surface area contributed by atoms with Gasteiger partial charge in [-0.2, -0.15) is 0 Å². The normalized spacial score (nSPS) is 24.8. The van der Waals surface area contributed by atoms with Gasteiger partial charge in [0.15, 0.2) is 0 Å². The molecule has 0 spiro atoms. The number of hydrogen-bond donors (Lipinski definition) is 1. The summed E-state index contributed by atoms with van der Waals surface area (Å²) in [7, 11) is 5.92. The molecule has 0 aromatic rings. The molecule has 1 aliphatic heterocycles. The minimum absolute atomic E-state index is 0.0413. The molecule has 1 heterocycles. The van der Waals surface area contributed by atoms with Gasteiger partial charge in [-0.05, 0) is 34.5 Å². The number of carbonyl (C=O) groups excluding carboxylic acids is 1. The first-order chi connectivity index (χ1) is 6.56. The molecule has 82 valence electrons. The highest BCUT2D eigenvalue weighted by molar-refractivity contribution is 5.84. The lowest BCUT2D eigenvalue weighted by molar-refractivity contribution is -0.131. The molecule has 2 atom stereocenters. The summed E-state index contributed by atoms with van der Waals surface area (Å²) in [5.74, 6) is 0.252. The third-order valence-corrected chi connectivity index (χ3v) is 2.75. The zero-order valence-electron chi connectivity index (χ0n) is 9.58. The predicted octanol–water partition coefficient (Wildman–Crippen LogP) is -0.243. The summed E-state index contributed by atoms with van der Waals surface area (Å²) in [6.07, 6.45) is 0.938. The average Bonchev–Trinajstić information content (AvgIpc) is 2.45. The van der Waals surface area contributed by atoms with Gasteiger partial charge in [0.05, 0.1) is 6.04 Å². The molecule has 1 fully saturated rings. The maximum absolute atomic E-state index is 11.8. The van der Waals surface area contributed by atoms with Crippen LogP contribution in [0.25, 0.3) is 0 Å². The van der Waals surface area contributed by atoms with Gasteiger partial charge in [-0.3, -0.25) is 4.79 Å². The van der Waals surface area contributed by atoms with E-state index in [1.807, 2.05) is 26.0 Å². The van der Waals surface area contributed by atoms with Crippen LogP contribution < -0.4 is 5.32 Å². The van der Waals surface area contributed by atoms with Crippen molar-refractivity contribution in [3.8, 4) is 0 Å².